The maximum atomic E-state index is 11.9. The molecule has 0 aliphatic heterocycles. The Morgan fingerprint density at radius 1 is 1.19 bits per heavy atom. The van der Waals surface area contributed by atoms with Crippen molar-refractivity contribution in [2.24, 2.45) is 7.05 Å². The van der Waals surface area contributed by atoms with Crippen molar-refractivity contribution in [3.8, 4) is 0 Å². The van der Waals surface area contributed by atoms with Gasteiger partial charge in [-0.2, -0.15) is 0 Å². The van der Waals surface area contributed by atoms with Gasteiger partial charge in [-0.05, 0) is 18.1 Å². The van der Waals surface area contributed by atoms with Crippen molar-refractivity contribution in [2.45, 2.75) is 19.4 Å². The van der Waals surface area contributed by atoms with E-state index in [1.54, 1.807) is 38.2 Å². The van der Waals surface area contributed by atoms with E-state index in [1.165, 1.54) is 16.8 Å². The molecule has 0 fully saturated rings. The highest BCUT2D eigenvalue weighted by atomic mass is 16.4. The van der Waals surface area contributed by atoms with E-state index in [2.05, 4.69) is 0 Å². The number of carboxylic acid groups (broad SMARTS) is 1. The van der Waals surface area contributed by atoms with Crippen molar-refractivity contribution in [1.82, 2.24) is 9.13 Å². The standard InChI is InChI=1S/C15H16N2O4/c1-10(14(19)20)12-5-3-11(4-6-12)9-17-13(18)7-8-16(2)15(17)21/h3-8,10H,9H2,1-2H3,(H,19,20). The third-order valence-corrected chi connectivity index (χ3v) is 3.43. The summed E-state index contributed by atoms with van der Waals surface area (Å²) in [6, 6.07) is 8.20. The predicted molar refractivity (Wildman–Crippen MR) is 77.5 cm³/mol. The Balaban J connectivity index is 2.30. The van der Waals surface area contributed by atoms with Gasteiger partial charge >= 0.3 is 11.7 Å². The molecular formula is C15H16N2O4. The van der Waals surface area contributed by atoms with E-state index in [1.807, 2.05) is 0 Å². The lowest BCUT2D eigenvalue weighted by Gasteiger charge is -2.09. The van der Waals surface area contributed by atoms with Crippen molar-refractivity contribution < 1.29 is 9.90 Å². The Bertz CT molecular complexity index is 771. The molecule has 1 N–H and O–H groups in total. The van der Waals surface area contributed by atoms with E-state index in [0.29, 0.717) is 5.56 Å². The molecule has 0 saturated heterocycles. The van der Waals surface area contributed by atoms with Crippen LogP contribution in [0.5, 0.6) is 0 Å². The molecule has 0 aliphatic rings. The first-order valence-electron chi connectivity index (χ1n) is 6.48. The minimum absolute atomic E-state index is 0.161. The fourth-order valence-corrected chi connectivity index (χ4v) is 2.00. The highest BCUT2D eigenvalue weighted by molar-refractivity contribution is 5.75. The molecule has 1 heterocycles. The van der Waals surface area contributed by atoms with Gasteiger partial charge in [-0.3, -0.25) is 14.2 Å². The molecule has 1 aromatic carbocycles. The molecule has 0 amide bonds. The van der Waals surface area contributed by atoms with Gasteiger partial charge in [0.25, 0.3) is 5.56 Å². The number of carboxylic acids is 1. The second-order valence-corrected chi connectivity index (χ2v) is 4.94. The molecule has 6 heteroatoms. The summed E-state index contributed by atoms with van der Waals surface area (Å²) >= 11 is 0. The quantitative estimate of drug-likeness (QED) is 0.901. The number of aromatic nitrogens is 2. The number of nitrogens with zero attached hydrogens (tertiary/aromatic N) is 2. The van der Waals surface area contributed by atoms with Gasteiger partial charge in [0.05, 0.1) is 12.5 Å². The predicted octanol–water partition coefficient (Wildman–Crippen LogP) is 0.783. The lowest BCUT2D eigenvalue weighted by Crippen LogP contribution is -2.38. The van der Waals surface area contributed by atoms with Crippen LogP contribution in [0.25, 0.3) is 0 Å². The minimum atomic E-state index is -0.893. The fourth-order valence-electron chi connectivity index (χ4n) is 2.00. The molecule has 6 nitrogen and oxygen atoms in total. The lowest BCUT2D eigenvalue weighted by atomic mass is 10.00. The average molecular weight is 288 g/mol. The third-order valence-electron chi connectivity index (χ3n) is 3.43. The molecule has 1 unspecified atom stereocenters. The largest absolute Gasteiger partial charge is 0.481 e. The molecule has 110 valence electrons. The van der Waals surface area contributed by atoms with Crippen LogP contribution in [0.2, 0.25) is 0 Å². The van der Waals surface area contributed by atoms with Crippen LogP contribution in [0.4, 0.5) is 0 Å². The summed E-state index contributed by atoms with van der Waals surface area (Å²) in [5, 5.41) is 8.95. The lowest BCUT2D eigenvalue weighted by molar-refractivity contribution is -0.138. The molecule has 2 rings (SSSR count). The van der Waals surface area contributed by atoms with E-state index in [4.69, 9.17) is 5.11 Å². The van der Waals surface area contributed by atoms with Crippen LogP contribution in [-0.4, -0.2) is 20.2 Å². The number of hydrogen-bond acceptors (Lipinski definition) is 3. The van der Waals surface area contributed by atoms with Crippen LogP contribution >= 0.6 is 0 Å². The fraction of sp³-hybridized carbons (Fsp3) is 0.267. The van der Waals surface area contributed by atoms with Gasteiger partial charge in [0.2, 0.25) is 0 Å². The molecule has 21 heavy (non-hydrogen) atoms. The highest BCUT2D eigenvalue weighted by Crippen LogP contribution is 2.16. The van der Waals surface area contributed by atoms with E-state index in [-0.39, 0.29) is 17.8 Å². The van der Waals surface area contributed by atoms with Gasteiger partial charge in [-0.1, -0.05) is 24.3 Å². The summed E-state index contributed by atoms with van der Waals surface area (Å²) in [7, 11) is 1.58. The van der Waals surface area contributed by atoms with Crippen LogP contribution in [0, 0.1) is 0 Å². The summed E-state index contributed by atoms with van der Waals surface area (Å²) in [4.78, 5) is 34.6. The van der Waals surface area contributed by atoms with Crippen molar-refractivity contribution >= 4 is 5.97 Å². The normalized spacial score (nSPS) is 12.1. The molecule has 0 spiro atoms. The topological polar surface area (TPSA) is 81.3 Å². The van der Waals surface area contributed by atoms with Crippen molar-refractivity contribution in [1.29, 1.82) is 0 Å². The zero-order chi connectivity index (χ0) is 15.6. The van der Waals surface area contributed by atoms with Gasteiger partial charge in [0.1, 0.15) is 0 Å². The molecule has 0 bridgehead atoms. The number of hydrogen-bond donors (Lipinski definition) is 1. The van der Waals surface area contributed by atoms with Crippen molar-refractivity contribution in [2.75, 3.05) is 0 Å². The highest BCUT2D eigenvalue weighted by Gasteiger charge is 2.13. The van der Waals surface area contributed by atoms with Gasteiger partial charge in [0.15, 0.2) is 0 Å². The van der Waals surface area contributed by atoms with E-state index in [9.17, 15) is 14.4 Å². The first-order valence-corrected chi connectivity index (χ1v) is 6.48. The summed E-state index contributed by atoms with van der Waals surface area (Å²) in [6.45, 7) is 1.77. The van der Waals surface area contributed by atoms with E-state index in [0.717, 1.165) is 10.1 Å². The Hall–Kier alpha value is -2.63. The molecule has 0 saturated carbocycles. The van der Waals surface area contributed by atoms with Crippen molar-refractivity contribution in [3.05, 3.63) is 68.5 Å². The van der Waals surface area contributed by atoms with Crippen LogP contribution in [0.1, 0.15) is 24.0 Å². The molecule has 0 radical (unpaired) electrons. The number of carbonyl (C=O) groups is 1. The number of benzene rings is 1. The summed E-state index contributed by atoms with van der Waals surface area (Å²) in [6.07, 6.45) is 1.43. The second kappa shape index (κ2) is 5.78. The van der Waals surface area contributed by atoms with Gasteiger partial charge < -0.3 is 9.67 Å². The Labute approximate surface area is 120 Å². The first kappa shape index (κ1) is 14.8. The second-order valence-electron chi connectivity index (χ2n) is 4.94. The number of aliphatic carboxylic acids is 1. The maximum Gasteiger partial charge on any atom is 0.331 e. The Morgan fingerprint density at radius 2 is 1.81 bits per heavy atom. The third kappa shape index (κ3) is 3.10. The molecule has 2 aromatic rings. The van der Waals surface area contributed by atoms with Gasteiger partial charge in [-0.15, -0.1) is 0 Å². The first-order chi connectivity index (χ1) is 9.90. The van der Waals surface area contributed by atoms with Crippen LogP contribution in [-0.2, 0) is 18.4 Å². The maximum absolute atomic E-state index is 11.9. The summed E-state index contributed by atoms with van der Waals surface area (Å²) in [5.41, 5.74) is 0.702. The molecule has 0 aliphatic carbocycles. The van der Waals surface area contributed by atoms with Crippen LogP contribution in [0.15, 0.2) is 46.1 Å². The average Bonchev–Trinajstić information content (AvgIpc) is 2.47. The van der Waals surface area contributed by atoms with Gasteiger partial charge in [0, 0.05) is 19.3 Å². The Kier molecular flexibility index (Phi) is 4.07. The van der Waals surface area contributed by atoms with E-state index < -0.39 is 11.9 Å². The van der Waals surface area contributed by atoms with E-state index >= 15 is 0 Å². The molecule has 1 atom stereocenters. The monoisotopic (exact) mass is 288 g/mol. The number of aryl methyl sites for hydroxylation is 1. The number of rotatable bonds is 4. The van der Waals surface area contributed by atoms with Gasteiger partial charge in [-0.25, -0.2) is 4.79 Å². The van der Waals surface area contributed by atoms with Crippen molar-refractivity contribution in [3.63, 3.8) is 0 Å². The zero-order valence-corrected chi connectivity index (χ0v) is 11.8. The molecular weight excluding hydrogens is 272 g/mol. The zero-order valence-electron chi connectivity index (χ0n) is 11.8. The SMILES string of the molecule is CC(C(=O)O)c1ccc(Cn2c(=O)ccn(C)c2=O)cc1. The Morgan fingerprint density at radius 3 is 2.38 bits per heavy atom. The van der Waals surface area contributed by atoms with Crippen LogP contribution in [0.3, 0.4) is 0 Å². The summed E-state index contributed by atoms with van der Waals surface area (Å²) in [5.74, 6) is -1.48. The smallest absolute Gasteiger partial charge is 0.331 e. The minimum Gasteiger partial charge on any atom is -0.481 e. The summed E-state index contributed by atoms with van der Waals surface area (Å²) < 4.78 is 2.47. The molecule has 1 aromatic heterocycles. The van der Waals surface area contributed by atoms with Crippen LogP contribution < -0.4 is 11.2 Å².